The van der Waals surface area contributed by atoms with E-state index < -0.39 is 46.1 Å². The molecule has 0 saturated carbocycles. The summed E-state index contributed by atoms with van der Waals surface area (Å²) in [4.78, 5) is 21.5. The fraction of sp³-hybridized carbons (Fsp3) is 0.667. The minimum atomic E-state index is -6.02. The van der Waals surface area contributed by atoms with Crippen molar-refractivity contribution in [1.29, 1.82) is 0 Å². The largest absolute Gasteiger partial charge is 0.465 e. The Balaban J connectivity index is 2.83. The smallest absolute Gasteiger partial charge is 0.460 e. The summed E-state index contributed by atoms with van der Waals surface area (Å²) in [5, 5.41) is 3.77. The van der Waals surface area contributed by atoms with E-state index in [4.69, 9.17) is 9.66 Å². The molecule has 1 rings (SSSR count). The van der Waals surface area contributed by atoms with Gasteiger partial charge in [0.05, 0.1) is 0 Å². The van der Waals surface area contributed by atoms with Gasteiger partial charge in [0, 0.05) is 0 Å². The van der Waals surface area contributed by atoms with Crippen molar-refractivity contribution in [3.05, 3.63) is 0 Å². The van der Waals surface area contributed by atoms with Gasteiger partial charge in [-0.05, 0) is 0 Å². The number of alkyl halides is 2. The van der Waals surface area contributed by atoms with Crippen LogP contribution >= 0.6 is 0 Å². The van der Waals surface area contributed by atoms with Crippen molar-refractivity contribution in [2.24, 2.45) is 0 Å². The fourth-order valence-electron chi connectivity index (χ4n) is 0.910. The number of esters is 2. The van der Waals surface area contributed by atoms with E-state index in [-0.39, 0.29) is 0 Å². The van der Waals surface area contributed by atoms with Crippen LogP contribution in [0.5, 0.6) is 0 Å². The Labute approximate surface area is 92.9 Å². The number of hydrogen-bond acceptors (Lipinski definition) is 7. The molecule has 2 N–H and O–H groups in total. The van der Waals surface area contributed by atoms with Crippen LogP contribution in [0.15, 0.2) is 0 Å². The number of aliphatic hydroxyl groups excluding tert-OH is 1. The van der Waals surface area contributed by atoms with Crippen molar-refractivity contribution in [3.8, 4) is 0 Å². The van der Waals surface area contributed by atoms with Crippen LogP contribution in [0.25, 0.3) is 0 Å². The van der Waals surface area contributed by atoms with Crippen LogP contribution in [0.3, 0.4) is 0 Å². The number of carbonyl (C=O) groups excluding carboxylic acids is 2. The molecule has 0 radical (unpaired) electrons. The second kappa shape index (κ2) is 4.16. The quantitative estimate of drug-likeness (QED) is 0.461. The third kappa shape index (κ3) is 2.50. The van der Waals surface area contributed by atoms with E-state index in [9.17, 15) is 26.8 Å². The number of rotatable bonds is 3. The van der Waals surface area contributed by atoms with Crippen molar-refractivity contribution >= 4 is 22.1 Å². The highest BCUT2D eigenvalue weighted by atomic mass is 32.2. The zero-order chi connectivity index (χ0) is 13.4. The first-order valence-corrected chi connectivity index (χ1v) is 5.42. The zero-order valence-electron chi connectivity index (χ0n) is 7.87. The molecular weight excluding hydrogens is 270 g/mol. The Hall–Kier alpha value is -1.33. The Morgan fingerprint density at radius 1 is 1.53 bits per heavy atom. The maximum Gasteiger partial charge on any atom is 0.465 e. The van der Waals surface area contributed by atoms with Crippen molar-refractivity contribution in [2.45, 2.75) is 17.5 Å². The average Bonchev–Trinajstić information content (AvgIpc) is 2.47. The van der Waals surface area contributed by atoms with E-state index in [0.29, 0.717) is 0 Å². The standard InChI is InChI=1S/C6H6F2O8S/c7-6(8,17(12,13)14)5(11)16-3-2(9)1-15-4(3)10/h2-3,9H,1H2,(H,12,13,14). The molecule has 0 bridgehead atoms. The monoisotopic (exact) mass is 276 g/mol. The van der Waals surface area contributed by atoms with Gasteiger partial charge in [-0.25, -0.2) is 9.59 Å². The van der Waals surface area contributed by atoms with E-state index in [1.807, 2.05) is 0 Å². The van der Waals surface area contributed by atoms with Gasteiger partial charge in [-0.3, -0.25) is 4.55 Å². The molecule has 98 valence electrons. The summed E-state index contributed by atoms with van der Waals surface area (Å²) in [7, 11) is -6.02. The molecule has 0 aromatic rings. The molecule has 8 nitrogen and oxygen atoms in total. The number of ether oxygens (including phenoxy) is 2. The lowest BCUT2D eigenvalue weighted by Crippen LogP contribution is -2.43. The van der Waals surface area contributed by atoms with Crippen LogP contribution < -0.4 is 0 Å². The second-order valence-electron chi connectivity index (χ2n) is 3.02. The van der Waals surface area contributed by atoms with Gasteiger partial charge in [-0.2, -0.15) is 17.2 Å². The van der Waals surface area contributed by atoms with Crippen LogP contribution in [0, 0.1) is 0 Å². The lowest BCUT2D eigenvalue weighted by molar-refractivity contribution is -0.175. The van der Waals surface area contributed by atoms with Gasteiger partial charge in [-0.15, -0.1) is 0 Å². The Kier molecular flexibility index (Phi) is 3.36. The molecule has 2 unspecified atom stereocenters. The van der Waals surface area contributed by atoms with Gasteiger partial charge >= 0.3 is 27.3 Å². The molecule has 1 heterocycles. The summed E-state index contributed by atoms with van der Waals surface area (Å²) in [5.74, 6) is -3.97. The molecule has 0 aromatic carbocycles. The zero-order valence-corrected chi connectivity index (χ0v) is 8.69. The third-order valence-corrected chi connectivity index (χ3v) is 2.59. The molecule has 0 spiro atoms. The van der Waals surface area contributed by atoms with Crippen molar-refractivity contribution in [2.75, 3.05) is 6.61 Å². The highest BCUT2D eigenvalue weighted by Gasteiger charge is 2.56. The first-order chi connectivity index (χ1) is 7.57. The van der Waals surface area contributed by atoms with Gasteiger partial charge in [0.2, 0.25) is 6.10 Å². The molecule has 0 aliphatic carbocycles. The van der Waals surface area contributed by atoms with Gasteiger partial charge in [0.15, 0.2) is 0 Å². The van der Waals surface area contributed by atoms with Crippen molar-refractivity contribution in [3.63, 3.8) is 0 Å². The van der Waals surface area contributed by atoms with Crippen molar-refractivity contribution < 1.29 is 45.9 Å². The molecule has 1 saturated heterocycles. The summed E-state index contributed by atoms with van der Waals surface area (Å²) in [5.41, 5.74) is 0. The summed E-state index contributed by atoms with van der Waals surface area (Å²) in [6.45, 7) is -0.575. The van der Waals surface area contributed by atoms with Crippen LogP contribution in [0.1, 0.15) is 0 Å². The highest BCUT2D eigenvalue weighted by Crippen LogP contribution is 2.24. The lowest BCUT2D eigenvalue weighted by atomic mass is 10.2. The third-order valence-electron chi connectivity index (χ3n) is 1.77. The van der Waals surface area contributed by atoms with E-state index in [2.05, 4.69) is 9.47 Å². The van der Waals surface area contributed by atoms with E-state index in [0.717, 1.165) is 0 Å². The fourth-order valence-corrected chi connectivity index (χ4v) is 1.17. The number of cyclic esters (lactones) is 1. The predicted molar refractivity (Wildman–Crippen MR) is 43.3 cm³/mol. The average molecular weight is 276 g/mol. The number of hydrogen-bond donors (Lipinski definition) is 2. The summed E-state index contributed by atoms with van der Waals surface area (Å²) in [6, 6.07) is 0. The molecule has 2 atom stereocenters. The maximum atomic E-state index is 12.7. The summed E-state index contributed by atoms with van der Waals surface area (Å²) >= 11 is 0. The van der Waals surface area contributed by atoms with Crippen molar-refractivity contribution in [1.82, 2.24) is 0 Å². The molecule has 0 aromatic heterocycles. The topological polar surface area (TPSA) is 127 Å². The van der Waals surface area contributed by atoms with Gasteiger partial charge in [0.25, 0.3) is 0 Å². The molecule has 1 aliphatic rings. The summed E-state index contributed by atoms with van der Waals surface area (Å²) < 4.78 is 61.7. The minimum absolute atomic E-state index is 0.575. The highest BCUT2D eigenvalue weighted by molar-refractivity contribution is 7.87. The Morgan fingerprint density at radius 3 is 2.41 bits per heavy atom. The van der Waals surface area contributed by atoms with Crippen LogP contribution in [0.2, 0.25) is 0 Å². The molecule has 17 heavy (non-hydrogen) atoms. The molecule has 1 fully saturated rings. The van der Waals surface area contributed by atoms with Crippen LogP contribution in [0.4, 0.5) is 8.78 Å². The maximum absolute atomic E-state index is 12.7. The Bertz CT molecular complexity index is 443. The number of carbonyl (C=O) groups is 2. The van der Waals surface area contributed by atoms with Crippen LogP contribution in [-0.2, 0) is 29.2 Å². The molecule has 1 aliphatic heterocycles. The van der Waals surface area contributed by atoms with E-state index in [1.165, 1.54) is 0 Å². The van der Waals surface area contributed by atoms with Gasteiger partial charge < -0.3 is 14.6 Å². The predicted octanol–water partition coefficient (Wildman–Crippen LogP) is -1.70. The van der Waals surface area contributed by atoms with E-state index in [1.54, 1.807) is 0 Å². The SMILES string of the molecule is O=C1OCC(O)C1OC(=O)C(F)(F)S(=O)(=O)O. The molecule has 11 heteroatoms. The van der Waals surface area contributed by atoms with E-state index >= 15 is 0 Å². The first kappa shape index (κ1) is 13.7. The molecule has 0 amide bonds. The van der Waals surface area contributed by atoms with Gasteiger partial charge in [0.1, 0.15) is 12.7 Å². The number of halogens is 2. The Morgan fingerprint density at radius 2 is 2.06 bits per heavy atom. The number of aliphatic hydroxyl groups is 1. The van der Waals surface area contributed by atoms with Gasteiger partial charge in [-0.1, -0.05) is 0 Å². The van der Waals surface area contributed by atoms with Crippen LogP contribution in [-0.4, -0.2) is 54.1 Å². The first-order valence-electron chi connectivity index (χ1n) is 3.98. The lowest BCUT2D eigenvalue weighted by Gasteiger charge is -2.15. The molecular formula is C6H6F2O8S. The normalized spacial score (nSPS) is 25.5. The minimum Gasteiger partial charge on any atom is -0.460 e. The second-order valence-corrected chi connectivity index (χ2v) is 4.48. The summed E-state index contributed by atoms with van der Waals surface area (Å²) in [6.07, 6.45) is -3.72.